The summed E-state index contributed by atoms with van der Waals surface area (Å²) < 4.78 is 5.57. The van der Waals surface area contributed by atoms with E-state index in [0.29, 0.717) is 11.3 Å². The zero-order chi connectivity index (χ0) is 16.4. The van der Waals surface area contributed by atoms with E-state index < -0.39 is 12.6 Å². The van der Waals surface area contributed by atoms with Crippen LogP contribution < -0.4 is 4.74 Å². The van der Waals surface area contributed by atoms with Crippen molar-refractivity contribution >= 4 is 12.3 Å². The Kier molecular flexibility index (Phi) is 4.82. The minimum absolute atomic E-state index is 0.257. The number of rotatable bonds is 4. The SMILES string of the molecule is CC(C)(C)c1cc(C=O)cc(C(C)(C)C)c1OCC(=O)O. The van der Waals surface area contributed by atoms with Crippen molar-refractivity contribution in [1.82, 2.24) is 0 Å². The number of carbonyl (C=O) groups excluding carboxylic acids is 1. The van der Waals surface area contributed by atoms with Crippen LogP contribution in [0.3, 0.4) is 0 Å². The van der Waals surface area contributed by atoms with E-state index in [0.717, 1.165) is 17.4 Å². The number of carboxylic acid groups (broad SMARTS) is 1. The van der Waals surface area contributed by atoms with Gasteiger partial charge in [-0.15, -0.1) is 0 Å². The largest absolute Gasteiger partial charge is 0.481 e. The van der Waals surface area contributed by atoms with Crippen LogP contribution in [0.1, 0.15) is 63.0 Å². The summed E-state index contributed by atoms with van der Waals surface area (Å²) in [6.45, 7) is 11.7. The lowest BCUT2D eigenvalue weighted by Gasteiger charge is -2.29. The van der Waals surface area contributed by atoms with E-state index in [1.807, 2.05) is 41.5 Å². The molecule has 0 saturated heterocycles. The van der Waals surface area contributed by atoms with Gasteiger partial charge in [0.25, 0.3) is 0 Å². The molecule has 0 heterocycles. The molecule has 0 aliphatic rings. The predicted octanol–water partition coefficient (Wildman–Crippen LogP) is 3.56. The molecule has 116 valence electrons. The van der Waals surface area contributed by atoms with Gasteiger partial charge in [0.05, 0.1) is 0 Å². The summed E-state index contributed by atoms with van der Waals surface area (Å²) in [7, 11) is 0. The topological polar surface area (TPSA) is 63.6 Å². The lowest BCUT2D eigenvalue weighted by Crippen LogP contribution is -2.22. The maximum absolute atomic E-state index is 11.2. The fourth-order valence-corrected chi connectivity index (χ4v) is 2.12. The molecule has 21 heavy (non-hydrogen) atoms. The van der Waals surface area contributed by atoms with E-state index in [-0.39, 0.29) is 10.8 Å². The Balaban J connectivity index is 3.59. The van der Waals surface area contributed by atoms with Crippen LogP contribution in [0.25, 0.3) is 0 Å². The van der Waals surface area contributed by atoms with E-state index in [9.17, 15) is 9.59 Å². The van der Waals surface area contributed by atoms with Gasteiger partial charge in [-0.3, -0.25) is 4.79 Å². The predicted molar refractivity (Wildman–Crippen MR) is 82.4 cm³/mol. The number of ether oxygens (including phenoxy) is 1. The third-order valence-electron chi connectivity index (χ3n) is 3.20. The quantitative estimate of drug-likeness (QED) is 0.862. The first kappa shape index (κ1) is 17.2. The van der Waals surface area contributed by atoms with Crippen LogP contribution in [0.2, 0.25) is 0 Å². The van der Waals surface area contributed by atoms with Crippen molar-refractivity contribution in [2.24, 2.45) is 0 Å². The van der Waals surface area contributed by atoms with Crippen molar-refractivity contribution in [3.63, 3.8) is 0 Å². The van der Waals surface area contributed by atoms with Gasteiger partial charge in [-0.2, -0.15) is 0 Å². The molecule has 0 unspecified atom stereocenters. The Hall–Kier alpha value is -1.84. The van der Waals surface area contributed by atoms with E-state index in [2.05, 4.69) is 0 Å². The molecule has 1 aromatic rings. The Morgan fingerprint density at radius 2 is 1.52 bits per heavy atom. The molecule has 4 nitrogen and oxygen atoms in total. The van der Waals surface area contributed by atoms with E-state index in [1.54, 1.807) is 12.1 Å². The average molecular weight is 292 g/mol. The second-order valence-electron chi connectivity index (χ2n) is 7.25. The highest BCUT2D eigenvalue weighted by Gasteiger charge is 2.28. The first-order valence-electron chi connectivity index (χ1n) is 6.95. The van der Waals surface area contributed by atoms with Crippen LogP contribution in [0, 0.1) is 0 Å². The number of benzene rings is 1. The Morgan fingerprint density at radius 3 is 1.81 bits per heavy atom. The molecule has 1 N–H and O–H groups in total. The second kappa shape index (κ2) is 5.88. The monoisotopic (exact) mass is 292 g/mol. The standard InChI is InChI=1S/C17H24O4/c1-16(2,3)12-7-11(9-18)8-13(17(4,5)6)15(12)21-10-14(19)20/h7-9H,10H2,1-6H3,(H,19,20). The Labute approximate surface area is 126 Å². The van der Waals surface area contributed by atoms with Gasteiger partial charge in [-0.25, -0.2) is 4.79 Å². The van der Waals surface area contributed by atoms with Crippen molar-refractivity contribution in [3.8, 4) is 5.75 Å². The summed E-state index contributed by atoms with van der Waals surface area (Å²) >= 11 is 0. The highest BCUT2D eigenvalue weighted by atomic mass is 16.5. The highest BCUT2D eigenvalue weighted by molar-refractivity contribution is 5.77. The number of aliphatic carboxylic acids is 1. The number of hydrogen-bond acceptors (Lipinski definition) is 3. The van der Waals surface area contributed by atoms with E-state index in [4.69, 9.17) is 9.84 Å². The number of aldehydes is 1. The summed E-state index contributed by atoms with van der Waals surface area (Å²) in [5, 5.41) is 8.88. The van der Waals surface area contributed by atoms with Crippen LogP contribution in [-0.2, 0) is 15.6 Å². The molecule has 0 aromatic heterocycles. The molecule has 0 aliphatic heterocycles. The fourth-order valence-electron chi connectivity index (χ4n) is 2.12. The normalized spacial score (nSPS) is 12.1. The molecule has 0 spiro atoms. The summed E-state index contributed by atoms with van der Waals surface area (Å²) in [6, 6.07) is 3.55. The van der Waals surface area contributed by atoms with Gasteiger partial charge in [0, 0.05) is 16.7 Å². The number of hydrogen-bond donors (Lipinski definition) is 1. The molecule has 1 rings (SSSR count). The van der Waals surface area contributed by atoms with Crippen molar-refractivity contribution in [2.75, 3.05) is 6.61 Å². The molecule has 0 fully saturated rings. The fraction of sp³-hybridized carbons (Fsp3) is 0.529. The van der Waals surface area contributed by atoms with Crippen LogP contribution in [0.5, 0.6) is 5.75 Å². The zero-order valence-corrected chi connectivity index (χ0v) is 13.6. The highest BCUT2D eigenvalue weighted by Crippen LogP contribution is 2.40. The molecule has 0 aliphatic carbocycles. The Bertz CT molecular complexity index is 510. The molecule has 0 bridgehead atoms. The summed E-state index contributed by atoms with van der Waals surface area (Å²) in [4.78, 5) is 22.0. The van der Waals surface area contributed by atoms with Gasteiger partial charge in [0.2, 0.25) is 0 Å². The average Bonchev–Trinajstić information content (AvgIpc) is 2.32. The van der Waals surface area contributed by atoms with E-state index in [1.165, 1.54) is 0 Å². The van der Waals surface area contributed by atoms with Crippen molar-refractivity contribution in [2.45, 2.75) is 52.4 Å². The third-order valence-corrected chi connectivity index (χ3v) is 3.20. The third kappa shape index (κ3) is 4.31. The van der Waals surface area contributed by atoms with Gasteiger partial charge < -0.3 is 9.84 Å². The second-order valence-corrected chi connectivity index (χ2v) is 7.25. The van der Waals surface area contributed by atoms with Crippen LogP contribution in [-0.4, -0.2) is 24.0 Å². The minimum Gasteiger partial charge on any atom is -0.481 e. The Morgan fingerprint density at radius 1 is 1.10 bits per heavy atom. The maximum Gasteiger partial charge on any atom is 0.341 e. The summed E-state index contributed by atoms with van der Waals surface area (Å²) in [5.41, 5.74) is 1.75. The zero-order valence-electron chi connectivity index (χ0n) is 13.6. The molecule has 0 radical (unpaired) electrons. The first-order chi connectivity index (χ1) is 9.46. The number of carbonyl (C=O) groups is 2. The molecular formula is C17H24O4. The van der Waals surface area contributed by atoms with Gasteiger partial charge in [-0.1, -0.05) is 41.5 Å². The lowest BCUT2D eigenvalue weighted by atomic mass is 9.78. The minimum atomic E-state index is -1.02. The smallest absolute Gasteiger partial charge is 0.341 e. The number of carboxylic acids is 1. The van der Waals surface area contributed by atoms with Gasteiger partial charge >= 0.3 is 5.97 Å². The van der Waals surface area contributed by atoms with Crippen molar-refractivity contribution in [1.29, 1.82) is 0 Å². The van der Waals surface area contributed by atoms with Gasteiger partial charge in [0.1, 0.15) is 12.0 Å². The molecule has 0 saturated carbocycles. The van der Waals surface area contributed by atoms with Crippen molar-refractivity contribution in [3.05, 3.63) is 28.8 Å². The van der Waals surface area contributed by atoms with Crippen LogP contribution in [0.4, 0.5) is 0 Å². The van der Waals surface area contributed by atoms with Crippen molar-refractivity contribution < 1.29 is 19.4 Å². The van der Waals surface area contributed by atoms with Gasteiger partial charge in [-0.05, 0) is 23.0 Å². The molecule has 0 amide bonds. The van der Waals surface area contributed by atoms with E-state index >= 15 is 0 Å². The summed E-state index contributed by atoms with van der Waals surface area (Å²) in [5.74, 6) is -0.447. The molecule has 4 heteroatoms. The van der Waals surface area contributed by atoms with Gasteiger partial charge in [0.15, 0.2) is 6.61 Å². The molecule has 0 atom stereocenters. The molecule has 1 aromatic carbocycles. The molecular weight excluding hydrogens is 268 g/mol. The maximum atomic E-state index is 11.2. The first-order valence-corrected chi connectivity index (χ1v) is 6.95. The van der Waals surface area contributed by atoms with Crippen LogP contribution >= 0.6 is 0 Å². The summed E-state index contributed by atoms with van der Waals surface area (Å²) in [6.07, 6.45) is 0.811. The lowest BCUT2D eigenvalue weighted by molar-refractivity contribution is -0.139. The van der Waals surface area contributed by atoms with Crippen LogP contribution in [0.15, 0.2) is 12.1 Å².